The molecule has 0 saturated heterocycles. The lowest BCUT2D eigenvalue weighted by Gasteiger charge is -2.03. The lowest BCUT2D eigenvalue weighted by atomic mass is 10.3. The molecule has 16 heavy (non-hydrogen) atoms. The smallest absolute Gasteiger partial charge is 0.140 e. The molecule has 0 fully saturated rings. The zero-order valence-corrected chi connectivity index (χ0v) is 10.6. The fourth-order valence-electron chi connectivity index (χ4n) is 1.15. The normalized spacial score (nSPS) is 10.4. The van der Waals surface area contributed by atoms with Crippen LogP contribution in [0.15, 0.2) is 29.6 Å². The summed E-state index contributed by atoms with van der Waals surface area (Å²) in [5.74, 6) is 1.23. The van der Waals surface area contributed by atoms with Gasteiger partial charge in [0.1, 0.15) is 17.4 Å². The summed E-state index contributed by atoms with van der Waals surface area (Å²) in [6.45, 7) is 0.461. The standard InChI is InChI=1S/C11H9Cl2NOS/c12-5-9-7-16-11(14-9)6-15-10-3-1-8(13)2-4-10/h1-4,7H,5-6H2. The van der Waals surface area contributed by atoms with Crippen LogP contribution in [-0.4, -0.2) is 4.98 Å². The molecule has 0 spiro atoms. The van der Waals surface area contributed by atoms with Crippen molar-refractivity contribution >= 4 is 34.5 Å². The first-order valence-electron chi connectivity index (χ1n) is 4.65. The van der Waals surface area contributed by atoms with Crippen LogP contribution in [0.2, 0.25) is 5.02 Å². The molecule has 0 aliphatic heterocycles. The maximum absolute atomic E-state index is 5.77. The summed E-state index contributed by atoms with van der Waals surface area (Å²) >= 11 is 13.0. The van der Waals surface area contributed by atoms with E-state index in [9.17, 15) is 0 Å². The van der Waals surface area contributed by atoms with Gasteiger partial charge in [-0.3, -0.25) is 0 Å². The predicted molar refractivity (Wildman–Crippen MR) is 67.5 cm³/mol. The highest BCUT2D eigenvalue weighted by Gasteiger charge is 2.02. The zero-order chi connectivity index (χ0) is 11.4. The number of thiazole rings is 1. The van der Waals surface area contributed by atoms with Crippen LogP contribution in [-0.2, 0) is 12.5 Å². The molecule has 1 aromatic carbocycles. The third-order valence-corrected chi connectivity index (χ3v) is 3.31. The summed E-state index contributed by atoms with van der Waals surface area (Å²) in [4.78, 5) is 4.30. The number of ether oxygens (including phenoxy) is 1. The van der Waals surface area contributed by atoms with Crippen molar-refractivity contribution in [3.05, 3.63) is 45.4 Å². The largest absolute Gasteiger partial charge is 0.486 e. The highest BCUT2D eigenvalue weighted by Crippen LogP contribution is 2.18. The summed E-state index contributed by atoms with van der Waals surface area (Å²) in [5, 5.41) is 3.56. The number of rotatable bonds is 4. The molecule has 1 aromatic heterocycles. The maximum atomic E-state index is 5.77. The minimum atomic E-state index is 0.442. The van der Waals surface area contributed by atoms with Gasteiger partial charge in [0.25, 0.3) is 0 Å². The van der Waals surface area contributed by atoms with E-state index in [1.807, 2.05) is 17.5 Å². The fraction of sp³-hybridized carbons (Fsp3) is 0.182. The van der Waals surface area contributed by atoms with Gasteiger partial charge in [-0.25, -0.2) is 4.98 Å². The van der Waals surface area contributed by atoms with E-state index < -0.39 is 0 Å². The average molecular weight is 274 g/mol. The number of aromatic nitrogens is 1. The van der Waals surface area contributed by atoms with Gasteiger partial charge < -0.3 is 4.74 Å². The van der Waals surface area contributed by atoms with E-state index >= 15 is 0 Å². The number of hydrogen-bond acceptors (Lipinski definition) is 3. The van der Waals surface area contributed by atoms with E-state index in [0.717, 1.165) is 16.5 Å². The molecule has 2 nitrogen and oxygen atoms in total. The molecular formula is C11H9Cl2NOS. The van der Waals surface area contributed by atoms with Crippen molar-refractivity contribution in [2.24, 2.45) is 0 Å². The fourth-order valence-corrected chi connectivity index (χ4v) is 2.21. The maximum Gasteiger partial charge on any atom is 0.140 e. The molecule has 0 atom stereocenters. The Morgan fingerprint density at radius 3 is 2.62 bits per heavy atom. The van der Waals surface area contributed by atoms with Crippen molar-refractivity contribution < 1.29 is 4.74 Å². The van der Waals surface area contributed by atoms with E-state index in [4.69, 9.17) is 27.9 Å². The van der Waals surface area contributed by atoms with Gasteiger partial charge in [0.05, 0.1) is 11.6 Å². The number of halogens is 2. The topological polar surface area (TPSA) is 22.1 Å². The van der Waals surface area contributed by atoms with Crippen LogP contribution in [0.4, 0.5) is 0 Å². The summed E-state index contributed by atoms with van der Waals surface area (Å²) in [6, 6.07) is 7.25. The molecule has 5 heteroatoms. The van der Waals surface area contributed by atoms with Crippen molar-refractivity contribution in [3.8, 4) is 5.75 Å². The van der Waals surface area contributed by atoms with Gasteiger partial charge in [0.15, 0.2) is 0 Å². The Morgan fingerprint density at radius 2 is 2.00 bits per heavy atom. The molecule has 0 bridgehead atoms. The van der Waals surface area contributed by atoms with Crippen molar-refractivity contribution in [3.63, 3.8) is 0 Å². The second-order valence-electron chi connectivity index (χ2n) is 3.11. The van der Waals surface area contributed by atoms with Gasteiger partial charge in [0.2, 0.25) is 0 Å². The summed E-state index contributed by atoms with van der Waals surface area (Å²) in [5.41, 5.74) is 0.890. The van der Waals surface area contributed by atoms with Crippen LogP contribution in [0, 0.1) is 0 Å². The third-order valence-electron chi connectivity index (χ3n) is 1.91. The number of alkyl halides is 1. The molecule has 2 aromatic rings. The lowest BCUT2D eigenvalue weighted by molar-refractivity contribution is 0.305. The van der Waals surface area contributed by atoms with Crippen molar-refractivity contribution in [1.29, 1.82) is 0 Å². The van der Waals surface area contributed by atoms with Gasteiger partial charge in [0, 0.05) is 10.4 Å². The molecule has 84 valence electrons. The second-order valence-corrected chi connectivity index (χ2v) is 4.76. The Hall–Kier alpha value is -0.770. The molecular weight excluding hydrogens is 265 g/mol. The molecule has 0 N–H and O–H groups in total. The molecule has 0 saturated carbocycles. The second kappa shape index (κ2) is 5.53. The Balaban J connectivity index is 1.94. The number of hydrogen-bond donors (Lipinski definition) is 0. The average Bonchev–Trinajstić information content (AvgIpc) is 2.76. The van der Waals surface area contributed by atoms with E-state index in [1.54, 1.807) is 23.5 Å². The molecule has 0 aliphatic carbocycles. The molecule has 0 amide bonds. The minimum Gasteiger partial charge on any atom is -0.486 e. The van der Waals surface area contributed by atoms with E-state index in [-0.39, 0.29) is 0 Å². The van der Waals surface area contributed by atoms with Gasteiger partial charge in [-0.1, -0.05) is 11.6 Å². The van der Waals surface area contributed by atoms with Crippen LogP contribution >= 0.6 is 34.5 Å². The van der Waals surface area contributed by atoms with Gasteiger partial charge in [-0.2, -0.15) is 0 Å². The van der Waals surface area contributed by atoms with Crippen LogP contribution in [0.1, 0.15) is 10.7 Å². The lowest BCUT2D eigenvalue weighted by Crippen LogP contribution is -1.94. The van der Waals surface area contributed by atoms with E-state index in [1.165, 1.54) is 0 Å². The molecule has 0 aliphatic rings. The van der Waals surface area contributed by atoms with Gasteiger partial charge >= 0.3 is 0 Å². The van der Waals surface area contributed by atoms with E-state index in [0.29, 0.717) is 17.5 Å². The van der Waals surface area contributed by atoms with Gasteiger partial charge in [-0.15, -0.1) is 22.9 Å². The van der Waals surface area contributed by atoms with Crippen molar-refractivity contribution in [2.45, 2.75) is 12.5 Å². The summed E-state index contributed by atoms with van der Waals surface area (Å²) in [6.07, 6.45) is 0. The van der Waals surface area contributed by atoms with Crippen LogP contribution < -0.4 is 4.74 Å². The number of nitrogens with zero attached hydrogens (tertiary/aromatic N) is 1. The first-order chi connectivity index (χ1) is 7.78. The SMILES string of the molecule is ClCc1csc(COc2ccc(Cl)cc2)n1. The molecule has 1 heterocycles. The monoisotopic (exact) mass is 273 g/mol. The van der Waals surface area contributed by atoms with Crippen molar-refractivity contribution in [2.75, 3.05) is 0 Å². The first-order valence-corrected chi connectivity index (χ1v) is 6.45. The Kier molecular flexibility index (Phi) is 4.04. The summed E-state index contributed by atoms with van der Waals surface area (Å²) < 4.78 is 5.55. The quantitative estimate of drug-likeness (QED) is 0.782. The predicted octanol–water partition coefficient (Wildman–Crippen LogP) is 4.11. The Morgan fingerprint density at radius 1 is 1.25 bits per heavy atom. The van der Waals surface area contributed by atoms with Crippen LogP contribution in [0.5, 0.6) is 5.75 Å². The highest BCUT2D eigenvalue weighted by molar-refractivity contribution is 7.09. The van der Waals surface area contributed by atoms with Crippen molar-refractivity contribution in [1.82, 2.24) is 4.98 Å². The Labute approximate surface area is 108 Å². The molecule has 0 radical (unpaired) electrons. The third kappa shape index (κ3) is 3.11. The van der Waals surface area contributed by atoms with Crippen LogP contribution in [0.25, 0.3) is 0 Å². The summed E-state index contributed by atoms with van der Waals surface area (Å²) in [7, 11) is 0. The van der Waals surface area contributed by atoms with Gasteiger partial charge in [-0.05, 0) is 24.3 Å². The zero-order valence-electron chi connectivity index (χ0n) is 8.32. The number of benzene rings is 1. The minimum absolute atomic E-state index is 0.442. The molecule has 2 rings (SSSR count). The molecule has 0 unspecified atom stereocenters. The van der Waals surface area contributed by atoms with Crippen LogP contribution in [0.3, 0.4) is 0 Å². The first kappa shape index (κ1) is 11.7. The highest BCUT2D eigenvalue weighted by atomic mass is 35.5. The Bertz CT molecular complexity index is 455. The van der Waals surface area contributed by atoms with E-state index in [2.05, 4.69) is 4.98 Å².